The van der Waals surface area contributed by atoms with Crippen LogP contribution in [0.1, 0.15) is 0 Å². The Hall–Kier alpha value is -1.89. The number of rotatable bonds is 1. The van der Waals surface area contributed by atoms with Crippen molar-refractivity contribution in [2.75, 3.05) is 0 Å². The minimum atomic E-state index is -3.60. The Kier molecular flexibility index (Phi) is 1.99. The maximum Gasteiger partial charge on any atom is 0.586 e. The second-order valence-corrected chi connectivity index (χ2v) is 3.82. The average molecular weight is 256 g/mol. The summed E-state index contributed by atoms with van der Waals surface area (Å²) in [5.74, 6) is 0.0106. The molecule has 1 aliphatic rings. The molecule has 1 aromatic heterocycles. The molecule has 0 radical (unpaired) electrons. The van der Waals surface area contributed by atoms with E-state index in [1.165, 1.54) is 12.1 Å². The molecule has 0 spiro atoms. The van der Waals surface area contributed by atoms with E-state index >= 15 is 0 Å². The number of imidazole rings is 1. The number of aromatic amines is 1. The van der Waals surface area contributed by atoms with E-state index in [2.05, 4.69) is 14.5 Å². The highest BCUT2D eigenvalue weighted by molar-refractivity contribution is 7.71. The van der Waals surface area contributed by atoms with Crippen LogP contribution in [0, 0.1) is 4.77 Å². The number of hydrogen-bond acceptors (Lipinski definition) is 3. The molecule has 17 heavy (non-hydrogen) atoms. The summed E-state index contributed by atoms with van der Waals surface area (Å²) in [5, 5.41) is 0. The van der Waals surface area contributed by atoms with E-state index < -0.39 is 6.29 Å². The number of H-pyrrole nitrogens is 1. The number of hydrogen-bond donors (Lipinski definition) is 1. The summed E-state index contributed by atoms with van der Waals surface area (Å²) < 4.78 is 36.4. The van der Waals surface area contributed by atoms with Gasteiger partial charge >= 0.3 is 6.29 Å². The first-order chi connectivity index (χ1) is 8.05. The van der Waals surface area contributed by atoms with Gasteiger partial charge in [-0.15, -0.1) is 8.78 Å². The van der Waals surface area contributed by atoms with E-state index in [0.717, 1.165) is 0 Å². The number of fused-ring (bicyclic) bond motifs is 1. The van der Waals surface area contributed by atoms with Crippen molar-refractivity contribution in [1.82, 2.24) is 9.55 Å². The van der Waals surface area contributed by atoms with Crippen molar-refractivity contribution in [2.24, 2.45) is 0 Å². The summed E-state index contributed by atoms with van der Waals surface area (Å²) >= 11 is 5.03. The first-order valence-electron chi connectivity index (χ1n) is 4.71. The van der Waals surface area contributed by atoms with Crippen LogP contribution in [-0.4, -0.2) is 15.8 Å². The number of ether oxygens (including phenoxy) is 2. The number of alkyl halides is 2. The largest absolute Gasteiger partial charge is 0.586 e. The van der Waals surface area contributed by atoms with Crippen LogP contribution in [0.25, 0.3) is 5.69 Å². The Bertz CT molecular complexity index is 635. The van der Waals surface area contributed by atoms with Crippen LogP contribution in [0.4, 0.5) is 8.78 Å². The first kappa shape index (κ1) is 10.3. The quantitative estimate of drug-likeness (QED) is 0.797. The van der Waals surface area contributed by atoms with E-state index in [1.807, 2.05) is 0 Å². The second kappa shape index (κ2) is 3.30. The lowest BCUT2D eigenvalue weighted by Gasteiger charge is -2.04. The third-order valence-electron chi connectivity index (χ3n) is 2.31. The highest BCUT2D eigenvalue weighted by Gasteiger charge is 2.43. The maximum absolute atomic E-state index is 12.8. The summed E-state index contributed by atoms with van der Waals surface area (Å²) in [4.78, 5) is 2.81. The molecule has 2 heterocycles. The number of aromatic nitrogens is 2. The summed E-state index contributed by atoms with van der Waals surface area (Å²) in [7, 11) is 0. The monoisotopic (exact) mass is 256 g/mol. The lowest BCUT2D eigenvalue weighted by atomic mass is 10.3. The smallest absolute Gasteiger partial charge is 0.395 e. The minimum absolute atomic E-state index is 0.00407. The summed E-state index contributed by atoms with van der Waals surface area (Å²) in [6, 6.07) is 4.48. The molecule has 0 amide bonds. The van der Waals surface area contributed by atoms with Crippen LogP contribution < -0.4 is 9.47 Å². The van der Waals surface area contributed by atoms with Crippen LogP contribution in [0.2, 0.25) is 0 Å². The molecule has 7 heteroatoms. The van der Waals surface area contributed by atoms with Crippen molar-refractivity contribution in [3.05, 3.63) is 35.4 Å². The summed E-state index contributed by atoms with van der Waals surface area (Å²) in [6.07, 6.45) is -0.250. The first-order valence-corrected chi connectivity index (χ1v) is 5.12. The number of nitrogens with zero attached hydrogens (tertiary/aromatic N) is 1. The number of benzene rings is 1. The van der Waals surface area contributed by atoms with Gasteiger partial charge in [0.1, 0.15) is 0 Å². The Balaban J connectivity index is 2.08. The highest BCUT2D eigenvalue weighted by Crippen LogP contribution is 2.41. The molecule has 0 bridgehead atoms. The van der Waals surface area contributed by atoms with Crippen LogP contribution >= 0.6 is 12.2 Å². The topological polar surface area (TPSA) is 39.2 Å². The molecule has 0 saturated heterocycles. The van der Waals surface area contributed by atoms with Crippen molar-refractivity contribution in [3.63, 3.8) is 0 Å². The predicted molar refractivity (Wildman–Crippen MR) is 57.2 cm³/mol. The zero-order chi connectivity index (χ0) is 12.0. The summed E-state index contributed by atoms with van der Waals surface area (Å²) in [5.41, 5.74) is 0.622. The minimum Gasteiger partial charge on any atom is -0.395 e. The molecule has 4 nitrogen and oxygen atoms in total. The fourth-order valence-electron chi connectivity index (χ4n) is 1.61. The molecule has 0 saturated carbocycles. The Morgan fingerprint density at radius 1 is 1.24 bits per heavy atom. The molecule has 0 unspecified atom stereocenters. The van der Waals surface area contributed by atoms with Gasteiger partial charge in [-0.2, -0.15) is 0 Å². The van der Waals surface area contributed by atoms with Crippen LogP contribution in [0.5, 0.6) is 11.5 Å². The zero-order valence-electron chi connectivity index (χ0n) is 8.31. The third-order valence-corrected chi connectivity index (χ3v) is 2.63. The molecule has 0 fully saturated rings. The number of nitrogens with one attached hydrogen (secondary N) is 1. The van der Waals surface area contributed by atoms with E-state index in [-0.39, 0.29) is 11.5 Å². The van der Waals surface area contributed by atoms with Crippen LogP contribution in [-0.2, 0) is 0 Å². The van der Waals surface area contributed by atoms with E-state index in [0.29, 0.717) is 10.5 Å². The molecule has 1 aromatic carbocycles. The third kappa shape index (κ3) is 1.68. The van der Waals surface area contributed by atoms with Gasteiger partial charge in [-0.25, -0.2) is 0 Å². The Morgan fingerprint density at radius 3 is 2.71 bits per heavy atom. The zero-order valence-corrected chi connectivity index (χ0v) is 9.13. The molecule has 3 rings (SSSR count). The fraction of sp³-hybridized carbons (Fsp3) is 0.100. The van der Waals surface area contributed by atoms with E-state index in [4.69, 9.17) is 12.2 Å². The van der Waals surface area contributed by atoms with Gasteiger partial charge in [-0.3, -0.25) is 4.57 Å². The summed E-state index contributed by atoms with van der Waals surface area (Å²) in [6.45, 7) is 0. The molecule has 0 aliphatic carbocycles. The molecule has 2 aromatic rings. The van der Waals surface area contributed by atoms with E-state index in [1.54, 1.807) is 23.0 Å². The molecule has 88 valence electrons. The van der Waals surface area contributed by atoms with Crippen molar-refractivity contribution in [1.29, 1.82) is 0 Å². The van der Waals surface area contributed by atoms with Crippen molar-refractivity contribution in [3.8, 4) is 17.2 Å². The normalized spacial score (nSPS) is 16.1. The van der Waals surface area contributed by atoms with E-state index in [9.17, 15) is 8.78 Å². The SMILES string of the molecule is FC1(F)Oc2ccc(-n3cc[nH]c3=S)cc2O1. The van der Waals surface area contributed by atoms with Gasteiger partial charge in [0.05, 0.1) is 5.69 Å². The maximum atomic E-state index is 12.8. The van der Waals surface area contributed by atoms with Crippen molar-refractivity contribution in [2.45, 2.75) is 6.29 Å². The highest BCUT2D eigenvalue weighted by atomic mass is 32.1. The van der Waals surface area contributed by atoms with Gasteiger partial charge in [0.15, 0.2) is 16.3 Å². The van der Waals surface area contributed by atoms with Gasteiger partial charge < -0.3 is 14.5 Å². The second-order valence-electron chi connectivity index (χ2n) is 3.43. The molecular weight excluding hydrogens is 250 g/mol. The molecule has 1 aliphatic heterocycles. The number of halogens is 2. The molecule has 1 N–H and O–H groups in total. The standard InChI is InChI=1S/C10H6F2N2O2S/c11-10(12)15-7-2-1-6(5-8(7)16-10)14-4-3-13-9(14)17/h1-5H,(H,13,17). The van der Waals surface area contributed by atoms with Crippen LogP contribution in [0.3, 0.4) is 0 Å². The lowest BCUT2D eigenvalue weighted by molar-refractivity contribution is -0.286. The van der Waals surface area contributed by atoms with Crippen molar-refractivity contribution < 1.29 is 18.3 Å². The van der Waals surface area contributed by atoms with Gasteiger partial charge in [-0.05, 0) is 24.4 Å². The average Bonchev–Trinajstić information content (AvgIpc) is 2.78. The Morgan fingerprint density at radius 2 is 2.00 bits per heavy atom. The van der Waals surface area contributed by atoms with Crippen LogP contribution in [0.15, 0.2) is 30.6 Å². The lowest BCUT2D eigenvalue weighted by Crippen LogP contribution is -2.25. The predicted octanol–water partition coefficient (Wildman–Crippen LogP) is 2.86. The van der Waals surface area contributed by atoms with Gasteiger partial charge in [0, 0.05) is 18.5 Å². The fourth-order valence-corrected chi connectivity index (χ4v) is 1.85. The van der Waals surface area contributed by atoms with Gasteiger partial charge in [0.25, 0.3) is 0 Å². The van der Waals surface area contributed by atoms with Gasteiger partial charge in [-0.1, -0.05) is 0 Å². The molecule has 0 atom stereocenters. The Labute approximate surface area is 99.4 Å². The van der Waals surface area contributed by atoms with Gasteiger partial charge in [0.2, 0.25) is 0 Å². The van der Waals surface area contributed by atoms with Crippen molar-refractivity contribution >= 4 is 12.2 Å². The molecular formula is C10H6F2N2O2S.